The average molecular weight is 384 g/mol. The molecule has 28 heavy (non-hydrogen) atoms. The number of aliphatic imine (C=N–C) groups is 2. The van der Waals surface area contributed by atoms with Crippen molar-refractivity contribution in [2.75, 3.05) is 18.6 Å². The molecule has 0 aromatic heterocycles. The van der Waals surface area contributed by atoms with Gasteiger partial charge in [0, 0.05) is 12.2 Å². The molecule has 0 atom stereocenters. The van der Waals surface area contributed by atoms with Crippen LogP contribution in [0.4, 0.5) is 5.69 Å². The molecule has 0 amide bonds. The topological polar surface area (TPSA) is 54.3 Å². The molecule has 1 aliphatic carbocycles. The number of carbonyl (C=O) groups excluding carboxylic acids is 1. The van der Waals surface area contributed by atoms with E-state index in [2.05, 4.69) is 74.4 Å². The van der Waals surface area contributed by atoms with Crippen molar-refractivity contribution < 1.29 is 9.53 Å². The maximum Gasteiger partial charge on any atom is 0.352 e. The average Bonchev–Trinajstić information content (AvgIpc) is 2.67. The Hall–Kier alpha value is -2.43. The van der Waals surface area contributed by atoms with Crippen LogP contribution >= 0.6 is 0 Å². The molecule has 0 fully saturated rings. The molecule has 0 bridgehead atoms. The third-order valence-corrected chi connectivity index (χ3v) is 5.76. The van der Waals surface area contributed by atoms with E-state index in [1.807, 2.05) is 0 Å². The van der Waals surface area contributed by atoms with E-state index in [1.54, 1.807) is 13.1 Å². The van der Waals surface area contributed by atoms with Gasteiger partial charge in [0.05, 0.1) is 13.3 Å². The molecule has 0 heterocycles. The predicted molar refractivity (Wildman–Crippen MR) is 118 cm³/mol. The van der Waals surface area contributed by atoms with Crippen LogP contribution in [0.1, 0.15) is 65.5 Å². The molecule has 5 nitrogen and oxygen atoms in total. The van der Waals surface area contributed by atoms with Crippen LogP contribution in [0, 0.1) is 0 Å². The number of hydrogen-bond acceptors (Lipinski definition) is 5. The Morgan fingerprint density at radius 2 is 1.82 bits per heavy atom. The molecule has 0 saturated carbocycles. The molecule has 0 aliphatic heterocycles. The van der Waals surface area contributed by atoms with Crippen molar-refractivity contribution in [2.24, 2.45) is 9.98 Å². The van der Waals surface area contributed by atoms with E-state index < -0.39 is 5.97 Å². The maximum atomic E-state index is 11.6. The Labute approximate surface area is 169 Å². The van der Waals surface area contributed by atoms with E-state index in [4.69, 9.17) is 4.74 Å². The fraction of sp³-hybridized carbons (Fsp3) is 0.522. The Morgan fingerprint density at radius 3 is 2.36 bits per heavy atom. The third kappa shape index (κ3) is 4.34. The SMILES string of the molecule is C=N/C(=C\N=C(/C)C(=O)OC)N(CC)c1ccc2c(c1)C(C)(C)CCC2(C)C. The van der Waals surface area contributed by atoms with Gasteiger partial charge >= 0.3 is 5.97 Å². The lowest BCUT2D eigenvalue weighted by Crippen LogP contribution is -2.34. The molecule has 0 spiro atoms. The van der Waals surface area contributed by atoms with Crippen LogP contribution in [0.15, 0.2) is 40.2 Å². The van der Waals surface area contributed by atoms with Crippen LogP contribution in [-0.4, -0.2) is 32.1 Å². The maximum absolute atomic E-state index is 11.6. The van der Waals surface area contributed by atoms with E-state index in [0.717, 1.165) is 12.1 Å². The highest BCUT2D eigenvalue weighted by molar-refractivity contribution is 6.35. The van der Waals surface area contributed by atoms with Gasteiger partial charge in [-0.1, -0.05) is 33.8 Å². The van der Waals surface area contributed by atoms with Crippen LogP contribution in [0.2, 0.25) is 0 Å². The van der Waals surface area contributed by atoms with Gasteiger partial charge in [0.25, 0.3) is 0 Å². The van der Waals surface area contributed by atoms with Gasteiger partial charge in [-0.25, -0.2) is 9.79 Å². The minimum atomic E-state index is -0.458. The molecular formula is C23H33N3O2. The van der Waals surface area contributed by atoms with Crippen molar-refractivity contribution in [2.45, 2.75) is 65.2 Å². The normalized spacial score (nSPS) is 18.2. The van der Waals surface area contributed by atoms with E-state index in [0.29, 0.717) is 12.4 Å². The minimum absolute atomic E-state index is 0.130. The predicted octanol–water partition coefficient (Wildman–Crippen LogP) is 5.00. The number of fused-ring (bicyclic) bond motifs is 1. The third-order valence-electron chi connectivity index (χ3n) is 5.76. The Kier molecular flexibility index (Phi) is 6.48. The van der Waals surface area contributed by atoms with Crippen LogP contribution in [0.25, 0.3) is 0 Å². The zero-order valence-electron chi connectivity index (χ0n) is 18.3. The number of ether oxygens (including phenoxy) is 1. The fourth-order valence-corrected chi connectivity index (χ4v) is 3.77. The van der Waals surface area contributed by atoms with Gasteiger partial charge in [-0.15, -0.1) is 0 Å². The largest absolute Gasteiger partial charge is 0.465 e. The van der Waals surface area contributed by atoms with Gasteiger partial charge < -0.3 is 9.64 Å². The summed E-state index contributed by atoms with van der Waals surface area (Å²) in [5.74, 6) is 0.138. The second-order valence-electron chi connectivity index (χ2n) is 8.59. The van der Waals surface area contributed by atoms with Gasteiger partial charge in [0.1, 0.15) is 5.71 Å². The van der Waals surface area contributed by atoms with E-state index >= 15 is 0 Å². The Bertz CT molecular complexity index is 819. The summed E-state index contributed by atoms with van der Waals surface area (Å²) < 4.78 is 4.70. The number of hydrogen-bond donors (Lipinski definition) is 0. The summed E-state index contributed by atoms with van der Waals surface area (Å²) in [6.45, 7) is 17.3. The summed E-state index contributed by atoms with van der Waals surface area (Å²) in [7, 11) is 1.34. The van der Waals surface area contributed by atoms with Crippen molar-refractivity contribution in [3.8, 4) is 0 Å². The summed E-state index contributed by atoms with van der Waals surface area (Å²) >= 11 is 0. The summed E-state index contributed by atoms with van der Waals surface area (Å²) in [6.07, 6.45) is 3.91. The smallest absolute Gasteiger partial charge is 0.352 e. The zero-order valence-corrected chi connectivity index (χ0v) is 18.3. The summed E-state index contributed by atoms with van der Waals surface area (Å²) in [5, 5.41) is 0. The first-order chi connectivity index (χ1) is 13.1. The van der Waals surface area contributed by atoms with E-state index in [9.17, 15) is 4.79 Å². The van der Waals surface area contributed by atoms with E-state index in [1.165, 1.54) is 24.7 Å². The first kappa shape index (κ1) is 21.9. The standard InChI is InChI=1S/C23H33N3O2/c1-9-26(20(24-7)15-25-16(2)21(27)28-8)17-10-11-18-19(14-17)23(5,6)13-12-22(18,3)4/h10-11,14-15H,7,9,12-13H2,1-6,8H3/b20-15+,25-16+. The van der Waals surface area contributed by atoms with Crippen LogP contribution in [0.3, 0.4) is 0 Å². The molecule has 152 valence electrons. The fourth-order valence-electron chi connectivity index (χ4n) is 3.77. The number of benzene rings is 1. The van der Waals surface area contributed by atoms with Crippen molar-refractivity contribution in [1.29, 1.82) is 0 Å². The van der Waals surface area contributed by atoms with Crippen molar-refractivity contribution in [3.05, 3.63) is 41.3 Å². The number of rotatable bonds is 6. The highest BCUT2D eigenvalue weighted by atomic mass is 16.5. The van der Waals surface area contributed by atoms with E-state index in [-0.39, 0.29) is 16.5 Å². The molecular weight excluding hydrogens is 350 g/mol. The lowest BCUT2D eigenvalue weighted by Gasteiger charge is -2.42. The van der Waals surface area contributed by atoms with Crippen LogP contribution < -0.4 is 4.90 Å². The quantitative estimate of drug-likeness (QED) is 0.513. The summed E-state index contributed by atoms with van der Waals surface area (Å²) in [5.41, 5.74) is 4.44. The number of esters is 1. The van der Waals surface area contributed by atoms with Gasteiger partial charge in [0.15, 0.2) is 5.82 Å². The summed E-state index contributed by atoms with van der Waals surface area (Å²) in [4.78, 5) is 22.0. The molecule has 5 heteroatoms. The second kappa shape index (κ2) is 8.29. The highest BCUT2D eigenvalue weighted by Crippen LogP contribution is 2.46. The van der Waals surface area contributed by atoms with Crippen molar-refractivity contribution >= 4 is 24.1 Å². The first-order valence-corrected chi connectivity index (χ1v) is 9.79. The molecule has 1 aromatic carbocycles. The van der Waals surface area contributed by atoms with Gasteiger partial charge in [-0.2, -0.15) is 0 Å². The summed E-state index contributed by atoms with van der Waals surface area (Å²) in [6, 6.07) is 6.66. The van der Waals surface area contributed by atoms with Crippen LogP contribution in [-0.2, 0) is 20.4 Å². The zero-order chi connectivity index (χ0) is 21.1. The Morgan fingerprint density at radius 1 is 1.21 bits per heavy atom. The van der Waals surface area contributed by atoms with Crippen LogP contribution in [0.5, 0.6) is 0 Å². The number of nitrogens with zero attached hydrogens (tertiary/aromatic N) is 3. The first-order valence-electron chi connectivity index (χ1n) is 9.79. The lowest BCUT2D eigenvalue weighted by molar-refractivity contribution is -0.132. The van der Waals surface area contributed by atoms with Crippen molar-refractivity contribution in [3.63, 3.8) is 0 Å². The highest BCUT2D eigenvalue weighted by Gasteiger charge is 2.37. The number of carbonyl (C=O) groups is 1. The van der Waals surface area contributed by atoms with Crippen molar-refractivity contribution in [1.82, 2.24) is 0 Å². The monoisotopic (exact) mass is 383 g/mol. The van der Waals surface area contributed by atoms with Gasteiger partial charge in [-0.05, 0) is 67.5 Å². The second-order valence-corrected chi connectivity index (χ2v) is 8.59. The lowest BCUT2D eigenvalue weighted by atomic mass is 9.63. The minimum Gasteiger partial charge on any atom is -0.465 e. The van der Waals surface area contributed by atoms with Gasteiger partial charge in [0.2, 0.25) is 0 Å². The molecule has 1 aliphatic rings. The number of anilines is 1. The molecule has 0 unspecified atom stereocenters. The molecule has 2 rings (SSSR count). The molecule has 0 radical (unpaired) electrons. The Balaban J connectivity index is 2.49. The van der Waals surface area contributed by atoms with Gasteiger partial charge in [-0.3, -0.25) is 4.99 Å². The molecule has 1 aromatic rings. The molecule has 0 saturated heterocycles. The number of methoxy groups -OCH3 is 1. The molecule has 0 N–H and O–H groups in total.